The first-order valence-electron chi connectivity index (χ1n) is 13.8. The van der Waals surface area contributed by atoms with E-state index in [1.807, 2.05) is 0 Å². The number of benzene rings is 2. The number of esters is 2. The van der Waals surface area contributed by atoms with Crippen LogP contribution in [-0.4, -0.2) is 127 Å². The number of carbonyl (C=O) groups excluding carboxylic acids is 2. The van der Waals surface area contributed by atoms with E-state index >= 15 is 0 Å². The van der Waals surface area contributed by atoms with Crippen molar-refractivity contribution in [2.75, 3.05) is 13.2 Å². The van der Waals surface area contributed by atoms with Gasteiger partial charge in [0.25, 0.3) is 0 Å². The lowest BCUT2D eigenvalue weighted by molar-refractivity contribution is -0.355. The number of hydrogen-bond donors (Lipinski definition) is 8. The van der Waals surface area contributed by atoms with Crippen LogP contribution in [0.2, 0.25) is 0 Å². The SMILES string of the molecule is O=C(/C=C/c1ccc(O)cc1)OC[C@H]1O[C@@H](O[C@H]2[C@H](O)[C@@H](O)[C@H](O)O[C@@H]2COC(=O)/C=C/c2ccc(O)cc2)[C@H](O)[C@@H](O)[C@@H]1O. The van der Waals surface area contributed by atoms with Crippen LogP contribution in [0.3, 0.4) is 0 Å². The molecule has 2 aromatic rings. The number of rotatable bonds is 10. The number of phenolic OH excluding ortho intramolecular Hbond substituents is 2. The van der Waals surface area contributed by atoms with Crippen LogP contribution in [0.4, 0.5) is 0 Å². The molecule has 15 nitrogen and oxygen atoms in total. The van der Waals surface area contributed by atoms with Gasteiger partial charge in [-0.2, -0.15) is 0 Å². The van der Waals surface area contributed by atoms with Gasteiger partial charge in [0, 0.05) is 12.2 Å². The molecule has 8 N–H and O–H groups in total. The Morgan fingerprint density at radius 3 is 1.62 bits per heavy atom. The Labute approximate surface area is 256 Å². The fourth-order valence-electron chi connectivity index (χ4n) is 4.47. The monoisotopic (exact) mass is 634 g/mol. The molecule has 15 heteroatoms. The van der Waals surface area contributed by atoms with E-state index in [1.165, 1.54) is 36.4 Å². The number of ether oxygens (including phenoxy) is 5. The van der Waals surface area contributed by atoms with Crippen LogP contribution in [0.25, 0.3) is 12.2 Å². The third-order valence-corrected chi connectivity index (χ3v) is 7.01. The molecule has 2 aliphatic rings. The second-order valence-corrected chi connectivity index (χ2v) is 10.3. The lowest BCUT2D eigenvalue weighted by Gasteiger charge is -2.45. The van der Waals surface area contributed by atoms with E-state index in [9.17, 15) is 50.4 Å². The van der Waals surface area contributed by atoms with Crippen molar-refractivity contribution in [3.63, 3.8) is 0 Å². The second kappa shape index (κ2) is 15.4. The summed E-state index contributed by atoms with van der Waals surface area (Å²) in [7, 11) is 0. The highest BCUT2D eigenvalue weighted by atomic mass is 16.7. The molecule has 10 atom stereocenters. The Hall–Kier alpha value is -3.90. The van der Waals surface area contributed by atoms with E-state index in [4.69, 9.17) is 23.7 Å². The number of hydrogen-bond acceptors (Lipinski definition) is 15. The minimum atomic E-state index is -1.90. The summed E-state index contributed by atoms with van der Waals surface area (Å²) in [5.41, 5.74) is 1.16. The largest absolute Gasteiger partial charge is 0.508 e. The van der Waals surface area contributed by atoms with E-state index in [1.54, 1.807) is 24.3 Å². The second-order valence-electron chi connectivity index (χ2n) is 10.3. The number of aliphatic hydroxyl groups excluding tert-OH is 6. The molecule has 0 unspecified atom stereocenters. The Morgan fingerprint density at radius 2 is 1.11 bits per heavy atom. The molecule has 4 rings (SSSR count). The summed E-state index contributed by atoms with van der Waals surface area (Å²) < 4.78 is 26.6. The standard InChI is InChI=1S/C30H34O15/c31-17-7-1-15(2-8-17)5-11-21(33)41-13-19-23(35)24(36)27(39)30(44-19)45-28-20(43-29(40)26(38)25(28)37)14-42-22(34)12-6-16-3-9-18(32)10-4-16/h1-12,19-20,23-32,35-40H,13-14H2/b11-5+,12-6+/t19-,20-,23-,24+,25-,26-,27-,28-,29-,30+/m1/s1. The van der Waals surface area contributed by atoms with Gasteiger partial charge in [0.2, 0.25) is 0 Å². The molecule has 2 heterocycles. The Morgan fingerprint density at radius 1 is 0.622 bits per heavy atom. The normalized spacial score (nSPS) is 32.0. The number of phenols is 2. The predicted molar refractivity (Wildman–Crippen MR) is 151 cm³/mol. The maximum absolute atomic E-state index is 12.3. The van der Waals surface area contributed by atoms with Gasteiger partial charge in [-0.15, -0.1) is 0 Å². The molecule has 0 bridgehead atoms. The highest BCUT2D eigenvalue weighted by molar-refractivity contribution is 5.87. The lowest BCUT2D eigenvalue weighted by Crippen LogP contribution is -2.64. The third-order valence-electron chi connectivity index (χ3n) is 7.01. The zero-order chi connectivity index (χ0) is 32.7. The van der Waals surface area contributed by atoms with E-state index in [0.29, 0.717) is 11.1 Å². The van der Waals surface area contributed by atoms with Gasteiger partial charge < -0.3 is 64.5 Å². The zero-order valence-corrected chi connectivity index (χ0v) is 23.6. The van der Waals surface area contributed by atoms with Crippen LogP contribution in [0.1, 0.15) is 11.1 Å². The molecule has 0 saturated carbocycles. The van der Waals surface area contributed by atoms with Crippen LogP contribution in [0, 0.1) is 0 Å². The van der Waals surface area contributed by atoms with E-state index in [0.717, 1.165) is 12.2 Å². The molecule has 2 aromatic carbocycles. The van der Waals surface area contributed by atoms with Gasteiger partial charge >= 0.3 is 11.9 Å². The van der Waals surface area contributed by atoms with Crippen LogP contribution in [0.15, 0.2) is 60.7 Å². The van der Waals surface area contributed by atoms with Gasteiger partial charge in [0.05, 0.1) is 0 Å². The molecular formula is C30H34O15. The lowest BCUT2D eigenvalue weighted by atomic mass is 9.97. The highest BCUT2D eigenvalue weighted by Gasteiger charge is 2.50. The fraction of sp³-hybridized carbons (Fsp3) is 0.400. The molecule has 45 heavy (non-hydrogen) atoms. The Bertz CT molecular complexity index is 1330. The topological polar surface area (TPSA) is 242 Å². The first kappa shape index (κ1) is 34.0. The van der Waals surface area contributed by atoms with Crippen molar-refractivity contribution in [1.29, 1.82) is 0 Å². The summed E-state index contributed by atoms with van der Waals surface area (Å²) in [6.45, 7) is -1.20. The van der Waals surface area contributed by atoms with Crippen LogP contribution < -0.4 is 0 Å². The maximum atomic E-state index is 12.3. The van der Waals surface area contributed by atoms with Crippen molar-refractivity contribution in [3.05, 3.63) is 71.8 Å². The number of aliphatic hydroxyl groups is 6. The van der Waals surface area contributed by atoms with Crippen LogP contribution >= 0.6 is 0 Å². The van der Waals surface area contributed by atoms with E-state index in [2.05, 4.69) is 0 Å². The van der Waals surface area contributed by atoms with Gasteiger partial charge in [-0.25, -0.2) is 9.59 Å². The molecule has 0 aromatic heterocycles. The molecular weight excluding hydrogens is 600 g/mol. The first-order chi connectivity index (χ1) is 21.4. The quantitative estimate of drug-likeness (QED) is 0.110. The van der Waals surface area contributed by atoms with Gasteiger partial charge in [-0.05, 0) is 47.5 Å². The summed E-state index contributed by atoms with van der Waals surface area (Å²) in [6.07, 6.45) is -12.4. The van der Waals surface area contributed by atoms with Crippen LogP contribution in [0.5, 0.6) is 11.5 Å². The van der Waals surface area contributed by atoms with Gasteiger partial charge in [0.15, 0.2) is 12.6 Å². The highest BCUT2D eigenvalue weighted by Crippen LogP contribution is 2.29. The number of aromatic hydroxyl groups is 2. The molecule has 0 amide bonds. The van der Waals surface area contributed by atoms with Crippen molar-refractivity contribution in [2.24, 2.45) is 0 Å². The van der Waals surface area contributed by atoms with Gasteiger partial charge in [-0.1, -0.05) is 24.3 Å². The summed E-state index contributed by atoms with van der Waals surface area (Å²) >= 11 is 0. The minimum Gasteiger partial charge on any atom is -0.508 e. The molecule has 244 valence electrons. The Kier molecular flexibility index (Phi) is 11.6. The fourth-order valence-corrected chi connectivity index (χ4v) is 4.47. The summed E-state index contributed by atoms with van der Waals surface area (Å²) in [5, 5.41) is 80.9. The van der Waals surface area contributed by atoms with Crippen molar-refractivity contribution < 1.29 is 74.1 Å². The van der Waals surface area contributed by atoms with Gasteiger partial charge in [-0.3, -0.25) is 0 Å². The average Bonchev–Trinajstić information content (AvgIpc) is 3.03. The van der Waals surface area contributed by atoms with Crippen molar-refractivity contribution in [3.8, 4) is 11.5 Å². The molecule has 0 spiro atoms. The summed E-state index contributed by atoms with van der Waals surface area (Å²) in [4.78, 5) is 24.5. The molecule has 0 radical (unpaired) electrons. The van der Waals surface area contributed by atoms with Gasteiger partial charge in [0.1, 0.15) is 73.5 Å². The van der Waals surface area contributed by atoms with Crippen molar-refractivity contribution >= 4 is 24.1 Å². The smallest absolute Gasteiger partial charge is 0.330 e. The summed E-state index contributed by atoms with van der Waals surface area (Å²) in [5.74, 6) is -1.61. The van der Waals surface area contributed by atoms with Crippen LogP contribution in [-0.2, 0) is 33.3 Å². The number of carbonyl (C=O) groups is 2. The molecule has 2 fully saturated rings. The Balaban J connectivity index is 1.38. The first-order valence-corrected chi connectivity index (χ1v) is 13.8. The molecule has 0 aliphatic carbocycles. The van der Waals surface area contributed by atoms with E-state index in [-0.39, 0.29) is 11.5 Å². The molecule has 2 aliphatic heterocycles. The van der Waals surface area contributed by atoms with Crippen molar-refractivity contribution in [1.82, 2.24) is 0 Å². The van der Waals surface area contributed by atoms with E-state index < -0.39 is 86.6 Å². The summed E-state index contributed by atoms with van der Waals surface area (Å²) in [6, 6.07) is 11.9. The predicted octanol–water partition coefficient (Wildman–Crippen LogP) is -1.46. The minimum absolute atomic E-state index is 0.0371. The molecule has 2 saturated heterocycles. The zero-order valence-electron chi connectivity index (χ0n) is 23.6. The third kappa shape index (κ3) is 9.07. The van der Waals surface area contributed by atoms with Crippen molar-refractivity contribution in [2.45, 2.75) is 61.4 Å². The average molecular weight is 635 g/mol. The maximum Gasteiger partial charge on any atom is 0.330 e.